The van der Waals surface area contributed by atoms with E-state index in [1.165, 1.54) is 205 Å². The molecule has 2 unspecified atom stereocenters. The topological polar surface area (TPSA) is 19.7 Å². The molecule has 0 amide bonds. The van der Waals surface area contributed by atoms with Crippen LogP contribution in [0, 0.1) is 5.92 Å². The zero-order valence-electron chi connectivity index (χ0n) is 31.1. The molecule has 46 heavy (non-hydrogen) atoms. The summed E-state index contributed by atoms with van der Waals surface area (Å²) in [5.41, 5.74) is 1.51. The first-order valence-corrected chi connectivity index (χ1v) is 20.9. The van der Waals surface area contributed by atoms with Crippen LogP contribution in [-0.4, -0.2) is 4.98 Å². The van der Waals surface area contributed by atoms with Crippen molar-refractivity contribution < 1.29 is 4.57 Å². The number of hydrogen-bond donors (Lipinski definition) is 1. The lowest BCUT2D eigenvalue weighted by Crippen LogP contribution is -2.42. The molecule has 2 aromatic rings. The van der Waals surface area contributed by atoms with Crippen molar-refractivity contribution >= 4 is 0 Å². The van der Waals surface area contributed by atoms with Gasteiger partial charge in [0.2, 0.25) is 6.33 Å². The van der Waals surface area contributed by atoms with Gasteiger partial charge in [-0.2, -0.15) is 0 Å². The Morgan fingerprint density at radius 3 is 1.26 bits per heavy atom. The van der Waals surface area contributed by atoms with Gasteiger partial charge in [0.1, 0.15) is 18.4 Å². The fourth-order valence-corrected chi connectivity index (χ4v) is 7.63. The second-order valence-electron chi connectivity index (χ2n) is 14.8. The van der Waals surface area contributed by atoms with Crippen LogP contribution in [-0.2, 0) is 6.42 Å². The molecule has 264 valence electrons. The second kappa shape index (κ2) is 30.7. The summed E-state index contributed by atoms with van der Waals surface area (Å²) < 4.78 is 2.51. The van der Waals surface area contributed by atoms with Crippen LogP contribution in [0.25, 0.3) is 0 Å². The summed E-state index contributed by atoms with van der Waals surface area (Å²) in [6, 6.07) is 11.9. The highest BCUT2D eigenvalue weighted by Crippen LogP contribution is 2.29. The molecule has 0 fully saturated rings. The smallest absolute Gasteiger partial charge is 0.241 e. The van der Waals surface area contributed by atoms with Crippen LogP contribution in [0.1, 0.15) is 218 Å². The number of nitrogens with one attached hydrogen (secondary N) is 1. The minimum Gasteiger partial charge on any atom is -0.250 e. The van der Waals surface area contributed by atoms with Crippen molar-refractivity contribution in [3.05, 3.63) is 54.6 Å². The zero-order valence-corrected chi connectivity index (χ0v) is 31.1. The first-order chi connectivity index (χ1) is 22.8. The molecule has 0 saturated heterocycles. The van der Waals surface area contributed by atoms with E-state index in [-0.39, 0.29) is 0 Å². The van der Waals surface area contributed by atoms with Gasteiger partial charge < -0.3 is 0 Å². The Hall–Kier alpha value is -1.57. The fraction of sp³-hybridized carbons (Fsp3) is 0.795. The summed E-state index contributed by atoms with van der Waals surface area (Å²) in [4.78, 5) is 3.36. The van der Waals surface area contributed by atoms with Gasteiger partial charge in [0.15, 0.2) is 0 Å². The van der Waals surface area contributed by atoms with Crippen LogP contribution in [0.15, 0.2) is 49.1 Å². The lowest BCUT2D eigenvalue weighted by molar-refractivity contribution is -0.730. The van der Waals surface area contributed by atoms with Crippen molar-refractivity contribution in [1.82, 2.24) is 4.98 Å². The molecule has 0 saturated carbocycles. The Balaban J connectivity index is 1.64. The van der Waals surface area contributed by atoms with Crippen LogP contribution >= 0.6 is 0 Å². The van der Waals surface area contributed by atoms with Crippen LogP contribution < -0.4 is 4.57 Å². The van der Waals surface area contributed by atoms with E-state index < -0.39 is 0 Å². The van der Waals surface area contributed by atoms with Crippen LogP contribution in [0.5, 0.6) is 0 Å². The Morgan fingerprint density at radius 1 is 0.478 bits per heavy atom. The average molecular weight is 636 g/mol. The molecule has 0 aliphatic rings. The van der Waals surface area contributed by atoms with Crippen LogP contribution in [0.2, 0.25) is 0 Å². The molecular formula is C44H79N2+. The van der Waals surface area contributed by atoms with Gasteiger partial charge >= 0.3 is 0 Å². The number of hydrogen-bond acceptors (Lipinski definition) is 0. The van der Waals surface area contributed by atoms with Gasteiger partial charge in [-0.3, -0.25) is 4.98 Å². The summed E-state index contributed by atoms with van der Waals surface area (Å²) in [5, 5.41) is 0. The maximum absolute atomic E-state index is 3.36. The maximum atomic E-state index is 3.36. The van der Waals surface area contributed by atoms with Gasteiger partial charge in [-0.05, 0) is 31.2 Å². The molecular weight excluding hydrogens is 556 g/mol. The molecule has 1 heterocycles. The van der Waals surface area contributed by atoms with E-state index in [0.29, 0.717) is 12.0 Å². The number of unbranched alkanes of at least 4 members (excludes halogenated alkanes) is 26. The van der Waals surface area contributed by atoms with Crippen LogP contribution in [0.4, 0.5) is 0 Å². The normalized spacial score (nSPS) is 12.9. The zero-order chi connectivity index (χ0) is 32.6. The third-order valence-corrected chi connectivity index (χ3v) is 10.6. The third-order valence-electron chi connectivity index (χ3n) is 10.6. The van der Waals surface area contributed by atoms with Crippen LogP contribution in [0.3, 0.4) is 0 Å². The van der Waals surface area contributed by atoms with Gasteiger partial charge in [0, 0.05) is 5.92 Å². The molecule has 0 radical (unpaired) electrons. The van der Waals surface area contributed by atoms with Crippen molar-refractivity contribution in [2.75, 3.05) is 0 Å². The standard InChI is InChI=1S/C44H78N2/c1-3-5-7-9-11-13-15-17-18-19-20-21-23-25-27-32-36-43(40-42-34-30-29-31-35-42)44(46-39-38-45-41-46)37-33-28-26-24-22-16-14-12-10-8-6-4-2/h29-31,34-35,38-39,41,43-44H,3-28,32-33,36-37,40H2,1-2H3/p+1. The number of aromatic nitrogens is 2. The number of benzene rings is 1. The molecule has 0 aliphatic heterocycles. The number of rotatable bonds is 34. The lowest BCUT2D eigenvalue weighted by Gasteiger charge is -2.25. The van der Waals surface area contributed by atoms with Crippen molar-refractivity contribution in [1.29, 1.82) is 0 Å². The number of aromatic amines is 1. The Labute approximate surface area is 288 Å². The number of imidazole rings is 1. The molecule has 1 aromatic carbocycles. The summed E-state index contributed by atoms with van der Waals surface area (Å²) >= 11 is 0. The first kappa shape index (κ1) is 40.6. The van der Waals surface area contributed by atoms with E-state index >= 15 is 0 Å². The predicted octanol–water partition coefficient (Wildman–Crippen LogP) is 14.4. The highest BCUT2D eigenvalue weighted by atomic mass is 15.1. The predicted molar refractivity (Wildman–Crippen MR) is 204 cm³/mol. The van der Waals surface area contributed by atoms with Crippen molar-refractivity contribution in [2.24, 2.45) is 5.92 Å². The molecule has 2 atom stereocenters. The number of nitrogens with zero attached hydrogens (tertiary/aromatic N) is 1. The van der Waals surface area contributed by atoms with Crippen molar-refractivity contribution in [3.63, 3.8) is 0 Å². The van der Waals surface area contributed by atoms with E-state index in [9.17, 15) is 0 Å². The molecule has 2 nitrogen and oxygen atoms in total. The van der Waals surface area contributed by atoms with Crippen molar-refractivity contribution in [2.45, 2.75) is 219 Å². The van der Waals surface area contributed by atoms with Gasteiger partial charge in [-0.15, -0.1) is 0 Å². The van der Waals surface area contributed by atoms with E-state index in [2.05, 4.69) is 72.5 Å². The molecule has 2 rings (SSSR count). The van der Waals surface area contributed by atoms with Gasteiger partial charge in [0.05, 0.1) is 0 Å². The van der Waals surface area contributed by atoms with Gasteiger partial charge in [0.25, 0.3) is 0 Å². The minimum absolute atomic E-state index is 0.603. The second-order valence-corrected chi connectivity index (χ2v) is 14.8. The van der Waals surface area contributed by atoms with E-state index in [1.807, 2.05) is 0 Å². The molecule has 2 heteroatoms. The molecule has 1 aromatic heterocycles. The largest absolute Gasteiger partial charge is 0.250 e. The first-order valence-electron chi connectivity index (χ1n) is 20.9. The summed E-state index contributed by atoms with van der Waals surface area (Å²) in [6.07, 6.45) is 50.7. The molecule has 0 bridgehead atoms. The quantitative estimate of drug-likeness (QED) is 0.0583. The monoisotopic (exact) mass is 636 g/mol. The van der Waals surface area contributed by atoms with E-state index in [1.54, 1.807) is 0 Å². The molecule has 0 aliphatic carbocycles. The highest BCUT2D eigenvalue weighted by molar-refractivity contribution is 5.15. The Morgan fingerprint density at radius 2 is 0.870 bits per heavy atom. The molecule has 0 spiro atoms. The summed E-state index contributed by atoms with van der Waals surface area (Å²) in [5.74, 6) is 0.711. The fourth-order valence-electron chi connectivity index (χ4n) is 7.63. The lowest BCUT2D eigenvalue weighted by atomic mass is 9.84. The highest BCUT2D eigenvalue weighted by Gasteiger charge is 2.26. The maximum Gasteiger partial charge on any atom is 0.241 e. The SMILES string of the molecule is CCCCCCCCCCCCCCCCCCC(Cc1ccccc1)C(CCCCCCCCCCCCCC)[n+]1cc[nH]c1. The minimum atomic E-state index is 0.603. The summed E-state index contributed by atoms with van der Waals surface area (Å²) in [6.45, 7) is 4.62. The van der Waals surface area contributed by atoms with E-state index in [0.717, 1.165) is 0 Å². The van der Waals surface area contributed by atoms with Gasteiger partial charge in [-0.25, -0.2) is 4.57 Å². The summed E-state index contributed by atoms with van der Waals surface area (Å²) in [7, 11) is 0. The Kier molecular flexibility index (Phi) is 27.1. The van der Waals surface area contributed by atoms with Gasteiger partial charge in [-0.1, -0.05) is 218 Å². The number of H-pyrrole nitrogens is 1. The van der Waals surface area contributed by atoms with E-state index in [4.69, 9.17) is 0 Å². The third kappa shape index (κ3) is 22.1. The van der Waals surface area contributed by atoms with Crippen molar-refractivity contribution in [3.8, 4) is 0 Å². The molecule has 1 N–H and O–H groups in total. The Bertz CT molecular complexity index is 844. The average Bonchev–Trinajstić information content (AvgIpc) is 3.62.